The van der Waals surface area contributed by atoms with Crippen LogP contribution in [-0.2, 0) is 0 Å². The Kier molecular flexibility index (Phi) is 5.48. The smallest absolute Gasteiger partial charge is 0.0581 e. The van der Waals surface area contributed by atoms with Crippen LogP contribution in [0.2, 0.25) is 5.02 Å². The van der Waals surface area contributed by atoms with Gasteiger partial charge in [-0.15, -0.1) is 0 Å². The van der Waals surface area contributed by atoms with Gasteiger partial charge < -0.3 is 5.32 Å². The summed E-state index contributed by atoms with van der Waals surface area (Å²) in [6.45, 7) is 9.47. The van der Waals surface area contributed by atoms with E-state index in [4.69, 9.17) is 11.6 Å². The highest BCUT2D eigenvalue weighted by Gasteiger charge is 2.18. The van der Waals surface area contributed by atoms with E-state index in [-0.39, 0.29) is 6.04 Å². The van der Waals surface area contributed by atoms with Gasteiger partial charge in [-0.1, -0.05) is 46.6 Å². The molecule has 1 unspecified atom stereocenters. The van der Waals surface area contributed by atoms with Crippen LogP contribution in [0.25, 0.3) is 0 Å². The van der Waals surface area contributed by atoms with E-state index >= 15 is 0 Å². The molecule has 0 aliphatic carbocycles. The van der Waals surface area contributed by atoms with Gasteiger partial charge in [0, 0.05) is 9.50 Å². The molecule has 0 radical (unpaired) electrons. The van der Waals surface area contributed by atoms with Gasteiger partial charge in [-0.25, -0.2) is 0 Å². The minimum Gasteiger partial charge on any atom is -0.307 e. The van der Waals surface area contributed by atoms with Crippen molar-refractivity contribution >= 4 is 27.5 Å². The van der Waals surface area contributed by atoms with Gasteiger partial charge >= 0.3 is 0 Å². The first-order valence-corrected chi connectivity index (χ1v) is 8.37. The van der Waals surface area contributed by atoms with Crippen molar-refractivity contribution in [2.75, 3.05) is 6.54 Å². The summed E-state index contributed by atoms with van der Waals surface area (Å²) in [5.74, 6) is 0. The van der Waals surface area contributed by atoms with E-state index in [1.54, 1.807) is 0 Å². The molecule has 0 aliphatic heterocycles. The molecule has 0 fully saturated rings. The summed E-state index contributed by atoms with van der Waals surface area (Å²) in [5.41, 5.74) is 6.36. The van der Waals surface area contributed by atoms with Crippen molar-refractivity contribution in [3.63, 3.8) is 0 Å². The van der Waals surface area contributed by atoms with Gasteiger partial charge in [0.1, 0.15) is 0 Å². The highest BCUT2D eigenvalue weighted by atomic mass is 79.9. The van der Waals surface area contributed by atoms with Crippen LogP contribution in [0.1, 0.15) is 40.8 Å². The zero-order valence-electron chi connectivity index (χ0n) is 12.9. The third kappa shape index (κ3) is 3.68. The lowest BCUT2D eigenvalue weighted by molar-refractivity contribution is 0.624. The molecule has 1 N–H and O–H groups in total. The maximum atomic E-state index is 6.10. The molecule has 0 heterocycles. The van der Waals surface area contributed by atoms with Crippen LogP contribution in [0.3, 0.4) is 0 Å². The average molecular weight is 367 g/mol. The van der Waals surface area contributed by atoms with Gasteiger partial charge in [-0.2, -0.15) is 0 Å². The molecule has 0 amide bonds. The molecule has 0 saturated carbocycles. The predicted octanol–water partition coefficient (Wildman–Crippen LogP) is 5.73. The molecule has 2 aromatic carbocycles. The third-order valence-electron chi connectivity index (χ3n) is 3.81. The molecule has 0 aliphatic rings. The third-order valence-corrected chi connectivity index (χ3v) is 4.90. The zero-order valence-corrected chi connectivity index (χ0v) is 15.3. The molecule has 3 heteroatoms. The number of hydrogen-bond acceptors (Lipinski definition) is 1. The van der Waals surface area contributed by atoms with Crippen molar-refractivity contribution in [1.82, 2.24) is 5.32 Å². The van der Waals surface area contributed by atoms with Crippen LogP contribution in [0.4, 0.5) is 0 Å². The summed E-state index contributed by atoms with van der Waals surface area (Å²) in [5, 5.41) is 4.39. The Morgan fingerprint density at radius 2 is 1.67 bits per heavy atom. The highest BCUT2D eigenvalue weighted by Crippen LogP contribution is 2.31. The van der Waals surface area contributed by atoms with Gasteiger partial charge in [-0.3, -0.25) is 0 Å². The van der Waals surface area contributed by atoms with Gasteiger partial charge in [-0.05, 0) is 73.3 Å². The number of rotatable bonds is 4. The molecule has 21 heavy (non-hydrogen) atoms. The molecule has 0 bridgehead atoms. The Bertz CT molecular complexity index is 652. The zero-order chi connectivity index (χ0) is 15.6. The summed E-state index contributed by atoms with van der Waals surface area (Å²) in [4.78, 5) is 0. The lowest BCUT2D eigenvalue weighted by atomic mass is 9.91. The van der Waals surface area contributed by atoms with Crippen LogP contribution in [-0.4, -0.2) is 6.54 Å². The van der Waals surface area contributed by atoms with E-state index in [2.05, 4.69) is 67.1 Å². The van der Waals surface area contributed by atoms with E-state index in [9.17, 15) is 0 Å². The van der Waals surface area contributed by atoms with Crippen molar-refractivity contribution < 1.29 is 0 Å². The molecule has 2 aromatic rings. The molecule has 1 atom stereocenters. The Balaban J connectivity index is 2.55. The van der Waals surface area contributed by atoms with Crippen LogP contribution >= 0.6 is 27.5 Å². The topological polar surface area (TPSA) is 12.0 Å². The Hall–Kier alpha value is -0.830. The minimum absolute atomic E-state index is 0.194. The van der Waals surface area contributed by atoms with Crippen molar-refractivity contribution in [3.8, 4) is 0 Å². The summed E-state index contributed by atoms with van der Waals surface area (Å²) in [6, 6.07) is 10.8. The van der Waals surface area contributed by atoms with E-state index in [1.165, 1.54) is 27.8 Å². The fourth-order valence-corrected chi connectivity index (χ4v) is 3.35. The average Bonchev–Trinajstić information content (AvgIpc) is 2.41. The van der Waals surface area contributed by atoms with Crippen LogP contribution in [0.5, 0.6) is 0 Å². The summed E-state index contributed by atoms with van der Waals surface area (Å²) >= 11 is 9.71. The molecule has 0 spiro atoms. The first-order valence-electron chi connectivity index (χ1n) is 7.20. The second-order valence-electron chi connectivity index (χ2n) is 5.45. The normalized spacial score (nSPS) is 12.5. The first-order chi connectivity index (χ1) is 9.93. The molecule has 2 rings (SSSR count). The van der Waals surface area contributed by atoms with Crippen molar-refractivity contribution in [2.45, 2.75) is 33.7 Å². The fourth-order valence-electron chi connectivity index (χ4n) is 2.67. The molecule has 0 aromatic heterocycles. The molecular formula is C18H21BrClN. The number of benzene rings is 2. The Labute approximate surface area is 140 Å². The lowest BCUT2D eigenvalue weighted by Crippen LogP contribution is -2.23. The van der Waals surface area contributed by atoms with Crippen LogP contribution < -0.4 is 5.32 Å². The summed E-state index contributed by atoms with van der Waals surface area (Å²) in [6.07, 6.45) is 0. The summed E-state index contributed by atoms with van der Waals surface area (Å²) in [7, 11) is 0. The van der Waals surface area contributed by atoms with Gasteiger partial charge in [0.2, 0.25) is 0 Å². The van der Waals surface area contributed by atoms with Crippen molar-refractivity contribution in [2.24, 2.45) is 0 Å². The second-order valence-corrected chi connectivity index (χ2v) is 6.74. The number of nitrogens with one attached hydrogen (secondary N) is 1. The van der Waals surface area contributed by atoms with Crippen LogP contribution in [0, 0.1) is 20.8 Å². The quantitative estimate of drug-likeness (QED) is 0.729. The standard InChI is InChI=1S/C18H21BrClN/c1-5-21-18(15-7-6-14(20)8-11(15)2)16-9-13(4)17(19)10-12(16)3/h6-10,18,21H,5H2,1-4H3. The number of hydrogen-bond donors (Lipinski definition) is 1. The van der Waals surface area contributed by atoms with Crippen LogP contribution in [0.15, 0.2) is 34.8 Å². The predicted molar refractivity (Wildman–Crippen MR) is 95.3 cm³/mol. The highest BCUT2D eigenvalue weighted by molar-refractivity contribution is 9.10. The van der Waals surface area contributed by atoms with E-state index < -0.39 is 0 Å². The lowest BCUT2D eigenvalue weighted by Gasteiger charge is -2.24. The van der Waals surface area contributed by atoms with E-state index in [0.29, 0.717) is 0 Å². The maximum Gasteiger partial charge on any atom is 0.0581 e. The molecule has 0 saturated heterocycles. The van der Waals surface area contributed by atoms with E-state index in [1.807, 2.05) is 12.1 Å². The van der Waals surface area contributed by atoms with Gasteiger partial charge in [0.05, 0.1) is 6.04 Å². The summed E-state index contributed by atoms with van der Waals surface area (Å²) < 4.78 is 1.16. The molecular weight excluding hydrogens is 346 g/mol. The first kappa shape index (κ1) is 16.5. The maximum absolute atomic E-state index is 6.10. The Morgan fingerprint density at radius 3 is 2.29 bits per heavy atom. The van der Waals surface area contributed by atoms with Gasteiger partial charge in [0.15, 0.2) is 0 Å². The Morgan fingerprint density at radius 1 is 1.00 bits per heavy atom. The monoisotopic (exact) mass is 365 g/mol. The fraction of sp³-hybridized carbons (Fsp3) is 0.333. The SMILES string of the molecule is CCNC(c1ccc(Cl)cc1C)c1cc(C)c(Br)cc1C. The van der Waals surface area contributed by atoms with E-state index in [0.717, 1.165) is 16.0 Å². The second kappa shape index (κ2) is 6.95. The van der Waals surface area contributed by atoms with Crippen molar-refractivity contribution in [3.05, 3.63) is 67.6 Å². The minimum atomic E-state index is 0.194. The molecule has 1 nitrogen and oxygen atoms in total. The van der Waals surface area contributed by atoms with Gasteiger partial charge in [0.25, 0.3) is 0 Å². The number of aryl methyl sites for hydroxylation is 3. The number of halogens is 2. The molecule has 112 valence electrons. The van der Waals surface area contributed by atoms with Crippen molar-refractivity contribution in [1.29, 1.82) is 0 Å². The largest absolute Gasteiger partial charge is 0.307 e.